The van der Waals surface area contributed by atoms with E-state index in [1.165, 1.54) is 18.5 Å². The fourth-order valence-electron chi connectivity index (χ4n) is 1.52. The summed E-state index contributed by atoms with van der Waals surface area (Å²) in [5.41, 5.74) is 0.425. The maximum atomic E-state index is 12.0. The van der Waals surface area contributed by atoms with E-state index in [-0.39, 0.29) is 15.6 Å². The minimum atomic E-state index is -0.730. The Bertz CT molecular complexity index is 687. The van der Waals surface area contributed by atoms with Gasteiger partial charge in [0.1, 0.15) is 0 Å². The summed E-state index contributed by atoms with van der Waals surface area (Å²) in [6.07, 6.45) is 2.52. The van der Waals surface area contributed by atoms with Crippen LogP contribution in [0.1, 0.15) is 10.4 Å². The van der Waals surface area contributed by atoms with Crippen molar-refractivity contribution in [2.75, 3.05) is 5.32 Å². The molecule has 108 valence electrons. The van der Waals surface area contributed by atoms with Gasteiger partial charge >= 0.3 is 6.03 Å². The number of nitrogens with one attached hydrogen (secondary N) is 2. The summed E-state index contributed by atoms with van der Waals surface area (Å²) in [5.74, 6) is -0.730. The summed E-state index contributed by atoms with van der Waals surface area (Å²) >= 11 is 17.5. The van der Waals surface area contributed by atoms with E-state index in [1.807, 2.05) is 0 Å². The molecule has 5 nitrogen and oxygen atoms in total. The van der Waals surface area contributed by atoms with Gasteiger partial charge in [-0.3, -0.25) is 15.1 Å². The van der Waals surface area contributed by atoms with Crippen LogP contribution in [0.2, 0.25) is 15.1 Å². The Morgan fingerprint density at radius 3 is 2.33 bits per heavy atom. The molecule has 3 amide bonds. The van der Waals surface area contributed by atoms with E-state index >= 15 is 0 Å². The van der Waals surface area contributed by atoms with E-state index < -0.39 is 11.9 Å². The predicted octanol–water partition coefficient (Wildman–Crippen LogP) is 4.00. The highest BCUT2D eigenvalue weighted by molar-refractivity contribution is 6.40. The van der Waals surface area contributed by atoms with Crippen molar-refractivity contribution >= 4 is 52.4 Å². The number of carbonyl (C=O) groups is 2. The van der Waals surface area contributed by atoms with E-state index in [9.17, 15) is 9.59 Å². The smallest absolute Gasteiger partial charge is 0.308 e. The van der Waals surface area contributed by atoms with Gasteiger partial charge in [-0.25, -0.2) is 4.79 Å². The number of pyridine rings is 1. The molecule has 1 aromatic heterocycles. The summed E-state index contributed by atoms with van der Waals surface area (Å²) in [6, 6.07) is 5.76. The van der Waals surface area contributed by atoms with Crippen molar-refractivity contribution in [1.29, 1.82) is 0 Å². The maximum absolute atomic E-state index is 12.0. The van der Waals surface area contributed by atoms with Crippen LogP contribution in [0.3, 0.4) is 0 Å². The number of amides is 3. The Labute approximate surface area is 135 Å². The number of nitrogens with zero attached hydrogens (tertiary/aromatic N) is 1. The quantitative estimate of drug-likeness (QED) is 0.865. The average molecular weight is 345 g/mol. The molecule has 0 saturated carbocycles. The number of hydrogen-bond acceptors (Lipinski definition) is 3. The molecule has 0 bridgehead atoms. The molecular formula is C13H8Cl3N3O2. The summed E-state index contributed by atoms with van der Waals surface area (Å²) in [5, 5.41) is 5.14. The molecule has 0 unspecified atom stereocenters. The molecule has 1 aromatic carbocycles. The third kappa shape index (κ3) is 4.07. The first kappa shape index (κ1) is 15.6. The van der Waals surface area contributed by atoms with Crippen molar-refractivity contribution in [3.63, 3.8) is 0 Å². The van der Waals surface area contributed by atoms with Gasteiger partial charge in [0.2, 0.25) is 0 Å². The second-order valence-corrected chi connectivity index (χ2v) is 5.15. The number of urea groups is 1. The first-order valence-electron chi connectivity index (χ1n) is 5.64. The Morgan fingerprint density at radius 1 is 1.05 bits per heavy atom. The van der Waals surface area contributed by atoms with Gasteiger partial charge in [0.25, 0.3) is 5.91 Å². The molecular weight excluding hydrogens is 337 g/mol. The number of imide groups is 1. The third-order valence-corrected chi connectivity index (χ3v) is 3.20. The second-order valence-electron chi connectivity index (χ2n) is 3.90. The molecule has 1 heterocycles. The van der Waals surface area contributed by atoms with Crippen LogP contribution in [0.15, 0.2) is 36.7 Å². The lowest BCUT2D eigenvalue weighted by atomic mass is 10.2. The molecule has 0 spiro atoms. The molecule has 8 heteroatoms. The van der Waals surface area contributed by atoms with E-state index in [1.54, 1.807) is 18.2 Å². The molecule has 0 fully saturated rings. The van der Waals surface area contributed by atoms with Gasteiger partial charge in [-0.05, 0) is 18.2 Å². The highest BCUT2D eigenvalue weighted by Crippen LogP contribution is 2.22. The van der Waals surface area contributed by atoms with Crippen molar-refractivity contribution in [3.8, 4) is 0 Å². The molecule has 0 saturated heterocycles. The minimum Gasteiger partial charge on any atom is -0.308 e. The van der Waals surface area contributed by atoms with Crippen LogP contribution < -0.4 is 10.6 Å². The molecule has 0 radical (unpaired) electrons. The van der Waals surface area contributed by atoms with Gasteiger partial charge in [-0.1, -0.05) is 40.9 Å². The van der Waals surface area contributed by atoms with E-state index in [0.29, 0.717) is 10.7 Å². The number of aromatic nitrogens is 1. The van der Waals surface area contributed by atoms with Crippen LogP contribution in [0.25, 0.3) is 0 Å². The molecule has 2 rings (SSSR count). The zero-order valence-corrected chi connectivity index (χ0v) is 12.6. The normalized spacial score (nSPS) is 10.0. The Hall–Kier alpha value is -1.82. The van der Waals surface area contributed by atoms with Gasteiger partial charge in [0.15, 0.2) is 0 Å². The molecule has 21 heavy (non-hydrogen) atoms. The molecule has 0 aliphatic heterocycles. The van der Waals surface area contributed by atoms with Crippen molar-refractivity contribution in [2.45, 2.75) is 0 Å². The standard InChI is InChI=1S/C13H8Cl3N3O2/c14-7-2-1-3-8(4-7)18-13(21)19-12(20)11-9(15)5-17-6-10(11)16/h1-6H,(H2,18,19,20,21). The van der Waals surface area contributed by atoms with E-state index in [0.717, 1.165) is 0 Å². The molecule has 2 N–H and O–H groups in total. The van der Waals surface area contributed by atoms with Gasteiger partial charge in [-0.2, -0.15) is 0 Å². The van der Waals surface area contributed by atoms with Crippen LogP contribution in [-0.2, 0) is 0 Å². The first-order valence-corrected chi connectivity index (χ1v) is 6.77. The van der Waals surface area contributed by atoms with Gasteiger partial charge in [-0.15, -0.1) is 0 Å². The van der Waals surface area contributed by atoms with Crippen LogP contribution in [0.5, 0.6) is 0 Å². The highest BCUT2D eigenvalue weighted by Gasteiger charge is 2.17. The van der Waals surface area contributed by atoms with Crippen molar-refractivity contribution in [1.82, 2.24) is 10.3 Å². The highest BCUT2D eigenvalue weighted by atomic mass is 35.5. The Morgan fingerprint density at radius 2 is 1.71 bits per heavy atom. The number of carbonyl (C=O) groups excluding carboxylic acids is 2. The Kier molecular flexibility index (Phi) is 5.01. The average Bonchev–Trinajstić information content (AvgIpc) is 2.38. The van der Waals surface area contributed by atoms with Crippen molar-refractivity contribution < 1.29 is 9.59 Å². The lowest BCUT2D eigenvalue weighted by Gasteiger charge is -2.08. The van der Waals surface area contributed by atoms with Crippen LogP contribution >= 0.6 is 34.8 Å². The number of benzene rings is 1. The summed E-state index contributed by atoms with van der Waals surface area (Å²) in [6.45, 7) is 0. The van der Waals surface area contributed by atoms with E-state index in [2.05, 4.69) is 15.6 Å². The van der Waals surface area contributed by atoms with Crippen LogP contribution in [0, 0.1) is 0 Å². The topological polar surface area (TPSA) is 71.1 Å². The number of rotatable bonds is 2. The number of halogens is 3. The fourth-order valence-corrected chi connectivity index (χ4v) is 2.25. The van der Waals surface area contributed by atoms with E-state index in [4.69, 9.17) is 34.8 Å². The zero-order valence-electron chi connectivity index (χ0n) is 10.4. The molecule has 0 aliphatic carbocycles. The third-order valence-electron chi connectivity index (χ3n) is 2.39. The van der Waals surface area contributed by atoms with Gasteiger partial charge in [0, 0.05) is 23.1 Å². The van der Waals surface area contributed by atoms with Gasteiger partial charge in [0.05, 0.1) is 15.6 Å². The SMILES string of the molecule is O=C(NC(=O)c1c(Cl)cncc1Cl)Nc1cccc(Cl)c1. The summed E-state index contributed by atoms with van der Waals surface area (Å²) in [4.78, 5) is 27.4. The minimum absolute atomic E-state index is 0.0189. The molecule has 0 atom stereocenters. The molecule has 2 aromatic rings. The van der Waals surface area contributed by atoms with Crippen LogP contribution in [0.4, 0.5) is 10.5 Å². The first-order chi connectivity index (χ1) is 9.97. The fraction of sp³-hybridized carbons (Fsp3) is 0. The lowest BCUT2D eigenvalue weighted by Crippen LogP contribution is -2.34. The number of hydrogen-bond donors (Lipinski definition) is 2. The summed E-state index contributed by atoms with van der Waals surface area (Å²) < 4.78 is 0. The molecule has 0 aliphatic rings. The monoisotopic (exact) mass is 343 g/mol. The van der Waals surface area contributed by atoms with Crippen molar-refractivity contribution in [2.24, 2.45) is 0 Å². The lowest BCUT2D eigenvalue weighted by molar-refractivity contribution is 0.0967. The predicted molar refractivity (Wildman–Crippen MR) is 82.2 cm³/mol. The zero-order chi connectivity index (χ0) is 15.4. The van der Waals surface area contributed by atoms with Crippen molar-refractivity contribution in [3.05, 3.63) is 57.3 Å². The summed E-state index contributed by atoms with van der Waals surface area (Å²) in [7, 11) is 0. The van der Waals surface area contributed by atoms with Crippen LogP contribution in [-0.4, -0.2) is 16.9 Å². The van der Waals surface area contributed by atoms with Gasteiger partial charge < -0.3 is 5.32 Å². The maximum Gasteiger partial charge on any atom is 0.326 e. The second kappa shape index (κ2) is 6.76. The number of anilines is 1. The Balaban J connectivity index is 2.08. The largest absolute Gasteiger partial charge is 0.326 e.